The summed E-state index contributed by atoms with van der Waals surface area (Å²) in [6.45, 7) is 7.51. The average molecular weight is 311 g/mol. The van der Waals surface area contributed by atoms with Gasteiger partial charge in [0.2, 0.25) is 0 Å². The Balaban J connectivity index is 1.91. The molecule has 116 valence electrons. The maximum Gasteiger partial charge on any atom is 0.320 e. The van der Waals surface area contributed by atoms with E-state index in [9.17, 15) is 9.59 Å². The number of carbonyl (C=O) groups is 2. The number of carbonyl (C=O) groups excluding carboxylic acids is 2. The fourth-order valence-corrected chi connectivity index (χ4v) is 2.88. The van der Waals surface area contributed by atoms with Crippen molar-refractivity contribution in [2.75, 3.05) is 45.0 Å². The van der Waals surface area contributed by atoms with Crippen LogP contribution in [0.25, 0.3) is 0 Å². The Kier molecular flexibility index (Phi) is 5.00. The summed E-state index contributed by atoms with van der Waals surface area (Å²) in [7, 11) is 0. The van der Waals surface area contributed by atoms with Crippen molar-refractivity contribution in [1.82, 2.24) is 19.7 Å². The van der Waals surface area contributed by atoms with Gasteiger partial charge in [-0.05, 0) is 13.8 Å². The molecule has 0 aliphatic carbocycles. The van der Waals surface area contributed by atoms with E-state index in [0.29, 0.717) is 50.1 Å². The summed E-state index contributed by atoms with van der Waals surface area (Å²) in [6, 6.07) is 0.0463. The van der Waals surface area contributed by atoms with Crippen LogP contribution in [0.1, 0.15) is 24.3 Å². The lowest BCUT2D eigenvalue weighted by atomic mass is 10.3. The first-order valence-corrected chi connectivity index (χ1v) is 7.98. The molecule has 0 unspecified atom stereocenters. The Morgan fingerprint density at radius 2 is 1.81 bits per heavy atom. The molecule has 0 bridgehead atoms. The highest BCUT2D eigenvalue weighted by Crippen LogP contribution is 2.15. The van der Waals surface area contributed by atoms with Gasteiger partial charge in [-0.2, -0.15) is 0 Å². The summed E-state index contributed by atoms with van der Waals surface area (Å²) in [5.74, 6) is -0.113. The average Bonchev–Trinajstić information content (AvgIpc) is 2.94. The van der Waals surface area contributed by atoms with Gasteiger partial charge in [0.05, 0.1) is 0 Å². The van der Waals surface area contributed by atoms with Crippen molar-refractivity contribution in [3.63, 3.8) is 0 Å². The first-order valence-electron chi connectivity index (χ1n) is 7.11. The van der Waals surface area contributed by atoms with Crippen molar-refractivity contribution in [3.05, 3.63) is 11.1 Å². The molecule has 1 fully saturated rings. The van der Waals surface area contributed by atoms with Crippen molar-refractivity contribution < 1.29 is 9.59 Å². The van der Waals surface area contributed by atoms with E-state index in [1.807, 2.05) is 13.8 Å². The third kappa shape index (κ3) is 3.44. The molecule has 0 aromatic carbocycles. The van der Waals surface area contributed by atoms with Crippen LogP contribution in [0.15, 0.2) is 5.38 Å². The van der Waals surface area contributed by atoms with Crippen LogP contribution in [0.4, 0.5) is 9.93 Å². The molecule has 0 radical (unpaired) electrons. The fourth-order valence-electron chi connectivity index (χ4n) is 2.34. The van der Waals surface area contributed by atoms with E-state index in [-0.39, 0.29) is 11.9 Å². The number of thiazole rings is 1. The molecular weight excluding hydrogens is 290 g/mol. The number of urea groups is 1. The van der Waals surface area contributed by atoms with E-state index >= 15 is 0 Å². The van der Waals surface area contributed by atoms with Gasteiger partial charge in [-0.15, -0.1) is 11.3 Å². The van der Waals surface area contributed by atoms with E-state index in [4.69, 9.17) is 5.73 Å². The monoisotopic (exact) mass is 311 g/mol. The summed E-state index contributed by atoms with van der Waals surface area (Å²) in [5.41, 5.74) is 5.94. The molecule has 2 rings (SSSR count). The first kappa shape index (κ1) is 15.6. The Morgan fingerprint density at radius 1 is 1.24 bits per heavy atom. The van der Waals surface area contributed by atoms with Gasteiger partial charge in [0.15, 0.2) is 5.13 Å². The highest BCUT2D eigenvalue weighted by molar-refractivity contribution is 7.13. The van der Waals surface area contributed by atoms with Crippen LogP contribution < -0.4 is 5.73 Å². The zero-order valence-corrected chi connectivity index (χ0v) is 13.2. The van der Waals surface area contributed by atoms with E-state index in [1.54, 1.807) is 20.1 Å². The predicted molar refractivity (Wildman–Crippen MR) is 82.3 cm³/mol. The molecule has 0 atom stereocenters. The normalized spacial score (nSPS) is 15.1. The predicted octanol–water partition coefficient (Wildman–Crippen LogP) is 0.945. The van der Waals surface area contributed by atoms with E-state index in [2.05, 4.69) is 4.98 Å². The molecule has 1 aromatic heterocycles. The standard InChI is InChI=1S/C13H21N5O2S/c1-3-16(4-2)13(20)18-7-5-17(6-8-18)11(19)10-9-21-12(14)15-10/h9H,3-8H2,1-2H3,(H2,14,15). The molecule has 1 saturated heterocycles. The van der Waals surface area contributed by atoms with Gasteiger partial charge in [-0.25, -0.2) is 9.78 Å². The number of amides is 3. The summed E-state index contributed by atoms with van der Waals surface area (Å²) >= 11 is 1.26. The molecule has 7 nitrogen and oxygen atoms in total. The second-order valence-corrected chi connectivity index (χ2v) is 5.69. The topological polar surface area (TPSA) is 82.8 Å². The third-order valence-electron chi connectivity index (χ3n) is 3.61. The molecule has 0 spiro atoms. The van der Waals surface area contributed by atoms with Crippen molar-refractivity contribution in [2.45, 2.75) is 13.8 Å². The highest BCUT2D eigenvalue weighted by Gasteiger charge is 2.27. The van der Waals surface area contributed by atoms with Crippen LogP contribution in [-0.4, -0.2) is 70.9 Å². The SMILES string of the molecule is CCN(CC)C(=O)N1CCN(C(=O)c2csc(N)n2)CC1. The summed E-state index contributed by atoms with van der Waals surface area (Å²) in [4.78, 5) is 33.8. The summed E-state index contributed by atoms with van der Waals surface area (Å²) < 4.78 is 0. The van der Waals surface area contributed by atoms with Crippen LogP contribution in [-0.2, 0) is 0 Å². The minimum absolute atomic E-state index is 0.0463. The molecule has 21 heavy (non-hydrogen) atoms. The largest absolute Gasteiger partial charge is 0.375 e. The molecule has 8 heteroatoms. The van der Waals surface area contributed by atoms with Crippen molar-refractivity contribution in [3.8, 4) is 0 Å². The molecule has 1 aliphatic rings. The van der Waals surface area contributed by atoms with Crippen molar-refractivity contribution in [1.29, 1.82) is 0 Å². The minimum atomic E-state index is -0.113. The molecule has 1 aromatic rings. The maximum absolute atomic E-state index is 12.2. The number of nitrogen functional groups attached to an aromatic ring is 1. The van der Waals surface area contributed by atoms with Crippen LogP contribution in [0.5, 0.6) is 0 Å². The van der Waals surface area contributed by atoms with Crippen LogP contribution in [0.2, 0.25) is 0 Å². The Labute approximate surface area is 128 Å². The Bertz CT molecular complexity index is 506. The van der Waals surface area contributed by atoms with Gasteiger partial charge >= 0.3 is 6.03 Å². The number of nitrogens with two attached hydrogens (primary N) is 1. The van der Waals surface area contributed by atoms with Gasteiger partial charge in [-0.3, -0.25) is 4.79 Å². The Morgan fingerprint density at radius 3 is 2.29 bits per heavy atom. The van der Waals surface area contributed by atoms with Gasteiger partial charge in [0, 0.05) is 44.6 Å². The van der Waals surface area contributed by atoms with Crippen molar-refractivity contribution >= 4 is 28.4 Å². The smallest absolute Gasteiger partial charge is 0.320 e. The second kappa shape index (κ2) is 6.75. The number of anilines is 1. The van der Waals surface area contributed by atoms with Crippen LogP contribution in [0, 0.1) is 0 Å². The van der Waals surface area contributed by atoms with Gasteiger partial charge < -0.3 is 20.4 Å². The van der Waals surface area contributed by atoms with Gasteiger partial charge in [0.25, 0.3) is 5.91 Å². The molecule has 2 heterocycles. The Hall–Kier alpha value is -1.83. The minimum Gasteiger partial charge on any atom is -0.375 e. The van der Waals surface area contributed by atoms with E-state index in [0.717, 1.165) is 0 Å². The number of piperazine rings is 1. The van der Waals surface area contributed by atoms with Crippen molar-refractivity contribution in [2.24, 2.45) is 0 Å². The summed E-state index contributed by atoms with van der Waals surface area (Å²) in [5, 5.41) is 2.07. The summed E-state index contributed by atoms with van der Waals surface area (Å²) in [6.07, 6.45) is 0. The van der Waals surface area contributed by atoms with Gasteiger partial charge in [0.1, 0.15) is 5.69 Å². The molecule has 0 saturated carbocycles. The first-order chi connectivity index (χ1) is 10.1. The fraction of sp³-hybridized carbons (Fsp3) is 0.615. The quantitative estimate of drug-likeness (QED) is 0.901. The van der Waals surface area contributed by atoms with Gasteiger partial charge in [-0.1, -0.05) is 0 Å². The van der Waals surface area contributed by atoms with E-state index in [1.165, 1.54) is 11.3 Å². The second-order valence-electron chi connectivity index (χ2n) is 4.81. The third-order valence-corrected chi connectivity index (χ3v) is 4.29. The lowest BCUT2D eigenvalue weighted by Crippen LogP contribution is -2.54. The number of hydrogen-bond donors (Lipinski definition) is 1. The molecular formula is C13H21N5O2S. The lowest BCUT2D eigenvalue weighted by Gasteiger charge is -2.36. The number of rotatable bonds is 3. The number of nitrogens with zero attached hydrogens (tertiary/aromatic N) is 4. The molecule has 1 aliphatic heterocycles. The lowest BCUT2D eigenvalue weighted by molar-refractivity contribution is 0.0637. The van der Waals surface area contributed by atoms with Crippen LogP contribution in [0.3, 0.4) is 0 Å². The zero-order chi connectivity index (χ0) is 15.4. The number of hydrogen-bond acceptors (Lipinski definition) is 5. The zero-order valence-electron chi connectivity index (χ0n) is 12.4. The van der Waals surface area contributed by atoms with E-state index < -0.39 is 0 Å². The van der Waals surface area contributed by atoms with Crippen LogP contribution >= 0.6 is 11.3 Å². The molecule has 3 amide bonds. The highest BCUT2D eigenvalue weighted by atomic mass is 32.1. The number of aromatic nitrogens is 1. The maximum atomic E-state index is 12.2. The molecule has 2 N–H and O–H groups in total.